The summed E-state index contributed by atoms with van der Waals surface area (Å²) in [6.07, 6.45) is 10.5. The van der Waals surface area contributed by atoms with Crippen LogP contribution < -0.4 is 5.73 Å². The molecule has 0 heterocycles. The van der Waals surface area contributed by atoms with Gasteiger partial charge in [-0.1, -0.05) is 18.8 Å². The molecule has 0 aromatic heterocycles. The zero-order valence-corrected chi connectivity index (χ0v) is 8.50. The van der Waals surface area contributed by atoms with Crippen molar-refractivity contribution in [1.82, 2.24) is 4.90 Å². The van der Waals surface area contributed by atoms with Crippen molar-refractivity contribution in [3.63, 3.8) is 0 Å². The first-order valence-electron chi connectivity index (χ1n) is 5.13. The molecule has 0 saturated heterocycles. The van der Waals surface area contributed by atoms with Crippen LogP contribution in [0.3, 0.4) is 0 Å². The lowest BCUT2D eigenvalue weighted by atomic mass is 9.84. The molecule has 1 fully saturated rings. The number of nitrogens with two attached hydrogens (primary N) is 1. The topological polar surface area (TPSA) is 29.3 Å². The highest BCUT2D eigenvalue weighted by Gasteiger charge is 2.26. The maximum atomic E-state index is 5.75. The normalized spacial score (nSPS) is 28.8. The van der Waals surface area contributed by atoms with Crippen molar-refractivity contribution in [1.29, 1.82) is 0 Å². The largest absolute Gasteiger partial charge is 0.330 e. The van der Waals surface area contributed by atoms with Crippen LogP contribution in [-0.2, 0) is 0 Å². The van der Waals surface area contributed by atoms with Crippen molar-refractivity contribution in [3.05, 3.63) is 0 Å². The van der Waals surface area contributed by atoms with Gasteiger partial charge in [0.1, 0.15) is 0 Å². The quantitative estimate of drug-likeness (QED) is 0.658. The van der Waals surface area contributed by atoms with E-state index in [0.717, 1.165) is 13.1 Å². The van der Waals surface area contributed by atoms with Gasteiger partial charge >= 0.3 is 0 Å². The van der Waals surface area contributed by atoms with Crippen LogP contribution >= 0.6 is 0 Å². The van der Waals surface area contributed by atoms with Gasteiger partial charge < -0.3 is 5.73 Å². The number of hydrogen-bond acceptors (Lipinski definition) is 2. The van der Waals surface area contributed by atoms with Gasteiger partial charge in [-0.05, 0) is 32.4 Å². The zero-order chi connectivity index (χ0) is 9.68. The minimum atomic E-state index is 0.620. The Morgan fingerprint density at radius 2 is 2.15 bits per heavy atom. The van der Waals surface area contributed by atoms with E-state index >= 15 is 0 Å². The molecule has 2 N–H and O–H groups in total. The van der Waals surface area contributed by atoms with Crippen molar-refractivity contribution in [3.8, 4) is 12.3 Å². The molecule has 2 heteroatoms. The second-order valence-corrected chi connectivity index (χ2v) is 3.97. The fourth-order valence-electron chi connectivity index (χ4n) is 2.30. The van der Waals surface area contributed by atoms with E-state index in [1.807, 2.05) is 0 Å². The van der Waals surface area contributed by atoms with Crippen LogP contribution in [0.15, 0.2) is 0 Å². The Morgan fingerprint density at radius 1 is 1.46 bits per heavy atom. The molecule has 0 radical (unpaired) electrons. The molecular weight excluding hydrogens is 160 g/mol. The van der Waals surface area contributed by atoms with Crippen LogP contribution in [0.25, 0.3) is 0 Å². The molecule has 1 saturated carbocycles. The van der Waals surface area contributed by atoms with Gasteiger partial charge in [0, 0.05) is 6.04 Å². The fraction of sp³-hybridized carbons (Fsp3) is 0.818. The van der Waals surface area contributed by atoms with Gasteiger partial charge in [-0.3, -0.25) is 4.90 Å². The Balaban J connectivity index is 2.49. The summed E-state index contributed by atoms with van der Waals surface area (Å²) in [4.78, 5) is 2.27. The molecule has 74 valence electrons. The molecule has 0 spiro atoms. The van der Waals surface area contributed by atoms with E-state index in [0.29, 0.717) is 12.0 Å². The van der Waals surface area contributed by atoms with Crippen molar-refractivity contribution >= 4 is 0 Å². The van der Waals surface area contributed by atoms with Gasteiger partial charge in [-0.25, -0.2) is 0 Å². The van der Waals surface area contributed by atoms with Crippen molar-refractivity contribution in [2.75, 3.05) is 20.1 Å². The highest BCUT2D eigenvalue weighted by molar-refractivity contribution is 4.91. The average Bonchev–Trinajstić information content (AvgIpc) is 2.18. The van der Waals surface area contributed by atoms with Crippen LogP contribution in [0.1, 0.15) is 25.7 Å². The molecule has 2 nitrogen and oxygen atoms in total. The first-order valence-corrected chi connectivity index (χ1v) is 5.13. The van der Waals surface area contributed by atoms with Crippen LogP contribution in [0, 0.1) is 18.3 Å². The molecule has 2 atom stereocenters. The highest BCUT2D eigenvalue weighted by atomic mass is 15.1. The number of nitrogens with zero attached hydrogens (tertiary/aromatic N) is 1. The molecule has 0 bridgehead atoms. The number of rotatable bonds is 3. The third kappa shape index (κ3) is 2.72. The second-order valence-electron chi connectivity index (χ2n) is 3.97. The van der Waals surface area contributed by atoms with Crippen LogP contribution in [-0.4, -0.2) is 31.1 Å². The average molecular weight is 180 g/mol. The smallest absolute Gasteiger partial charge is 0.0598 e. The minimum absolute atomic E-state index is 0.620. The SMILES string of the molecule is C#CCN(C)C1CCCCC1CN. The first kappa shape index (κ1) is 10.6. The van der Waals surface area contributed by atoms with Crippen molar-refractivity contribution < 1.29 is 0 Å². The monoisotopic (exact) mass is 180 g/mol. The van der Waals surface area contributed by atoms with E-state index in [-0.39, 0.29) is 0 Å². The lowest BCUT2D eigenvalue weighted by molar-refractivity contribution is 0.148. The van der Waals surface area contributed by atoms with Crippen LogP contribution in [0.2, 0.25) is 0 Å². The van der Waals surface area contributed by atoms with E-state index in [1.54, 1.807) is 0 Å². The first-order chi connectivity index (χ1) is 6.29. The maximum absolute atomic E-state index is 5.75. The predicted octanol–water partition coefficient (Wildman–Crippen LogP) is 1.07. The summed E-state index contributed by atoms with van der Waals surface area (Å²) >= 11 is 0. The molecule has 0 aromatic rings. The Morgan fingerprint density at radius 3 is 2.77 bits per heavy atom. The third-order valence-electron chi connectivity index (χ3n) is 3.08. The zero-order valence-electron chi connectivity index (χ0n) is 8.50. The van der Waals surface area contributed by atoms with Gasteiger partial charge in [0.15, 0.2) is 0 Å². The molecule has 0 aliphatic heterocycles. The van der Waals surface area contributed by atoms with Crippen molar-refractivity contribution in [2.45, 2.75) is 31.7 Å². The molecular formula is C11H20N2. The lowest BCUT2D eigenvalue weighted by Gasteiger charge is -2.36. The third-order valence-corrected chi connectivity index (χ3v) is 3.08. The highest BCUT2D eigenvalue weighted by Crippen LogP contribution is 2.26. The van der Waals surface area contributed by atoms with E-state index in [2.05, 4.69) is 17.9 Å². The Hall–Kier alpha value is -0.520. The van der Waals surface area contributed by atoms with Gasteiger partial charge in [0.2, 0.25) is 0 Å². The molecule has 1 aliphatic rings. The summed E-state index contributed by atoms with van der Waals surface area (Å²) in [6, 6.07) is 0.620. The standard InChI is InChI=1S/C11H20N2/c1-3-8-13(2)11-7-5-4-6-10(11)9-12/h1,10-11H,4-9,12H2,2H3. The van der Waals surface area contributed by atoms with E-state index in [1.165, 1.54) is 25.7 Å². The summed E-state index contributed by atoms with van der Waals surface area (Å²) in [5, 5.41) is 0. The van der Waals surface area contributed by atoms with Gasteiger partial charge in [0.25, 0.3) is 0 Å². The molecule has 1 aliphatic carbocycles. The summed E-state index contributed by atoms with van der Waals surface area (Å²) in [5.41, 5.74) is 5.75. The Labute approximate surface area is 81.5 Å². The van der Waals surface area contributed by atoms with E-state index in [4.69, 9.17) is 12.2 Å². The minimum Gasteiger partial charge on any atom is -0.330 e. The van der Waals surface area contributed by atoms with Gasteiger partial charge in [0.05, 0.1) is 6.54 Å². The number of terminal acetylenes is 1. The molecule has 0 amide bonds. The van der Waals surface area contributed by atoms with E-state index in [9.17, 15) is 0 Å². The summed E-state index contributed by atoms with van der Waals surface area (Å²) in [5.74, 6) is 3.35. The predicted molar refractivity (Wildman–Crippen MR) is 56.3 cm³/mol. The lowest BCUT2D eigenvalue weighted by Crippen LogP contribution is -2.43. The van der Waals surface area contributed by atoms with Crippen LogP contribution in [0.5, 0.6) is 0 Å². The van der Waals surface area contributed by atoms with Crippen LogP contribution in [0.4, 0.5) is 0 Å². The Bertz CT molecular complexity index is 183. The molecule has 1 rings (SSSR count). The summed E-state index contributed by atoms with van der Waals surface area (Å²) in [7, 11) is 2.11. The molecule has 2 unspecified atom stereocenters. The molecule has 0 aromatic carbocycles. The fourth-order valence-corrected chi connectivity index (χ4v) is 2.30. The van der Waals surface area contributed by atoms with Crippen molar-refractivity contribution in [2.24, 2.45) is 11.7 Å². The Kier molecular flexibility index (Phi) is 4.27. The number of hydrogen-bond donors (Lipinski definition) is 1. The van der Waals surface area contributed by atoms with E-state index < -0.39 is 0 Å². The van der Waals surface area contributed by atoms with Gasteiger partial charge in [-0.2, -0.15) is 0 Å². The van der Waals surface area contributed by atoms with Gasteiger partial charge in [-0.15, -0.1) is 6.42 Å². The maximum Gasteiger partial charge on any atom is 0.0598 e. The second kappa shape index (κ2) is 5.26. The summed E-state index contributed by atoms with van der Waals surface area (Å²) < 4.78 is 0. The summed E-state index contributed by atoms with van der Waals surface area (Å²) in [6.45, 7) is 1.56. The molecule has 13 heavy (non-hydrogen) atoms.